The molecule has 1 aliphatic rings. The number of halogens is 2. The van der Waals surface area contributed by atoms with Crippen molar-refractivity contribution in [1.82, 2.24) is 9.29 Å². The second-order valence-corrected chi connectivity index (χ2v) is 9.00. The normalized spacial score (nSPS) is 17.6. The van der Waals surface area contributed by atoms with Crippen LogP contribution >= 0.6 is 0 Å². The summed E-state index contributed by atoms with van der Waals surface area (Å²) in [7, 11) is 0.741. The lowest BCUT2D eigenvalue weighted by atomic mass is 10.0. The van der Waals surface area contributed by atoms with E-state index in [9.17, 15) is 13.6 Å². The minimum Gasteiger partial charge on any atom is -0.345 e. The Kier molecular flexibility index (Phi) is 6.62. The van der Waals surface area contributed by atoms with Gasteiger partial charge in [-0.15, -0.1) is 0 Å². The molecule has 1 aliphatic heterocycles. The first-order valence-electron chi connectivity index (χ1n) is 10.3. The predicted molar refractivity (Wildman–Crippen MR) is 123 cm³/mol. The van der Waals surface area contributed by atoms with Crippen LogP contribution in [-0.2, 0) is 24.3 Å². The molecule has 0 saturated carbocycles. The summed E-state index contributed by atoms with van der Waals surface area (Å²) >= 11 is 0. The van der Waals surface area contributed by atoms with Gasteiger partial charge in [0.05, 0.1) is 4.90 Å². The summed E-state index contributed by atoms with van der Waals surface area (Å²) in [5.41, 5.74) is 2.50. The molecule has 2 atom stereocenters. The molecule has 2 heterocycles. The lowest BCUT2D eigenvalue weighted by Gasteiger charge is -2.14. The number of hydrogen-bond acceptors (Lipinski definition) is 2. The maximum atomic E-state index is 13.5. The fourth-order valence-electron chi connectivity index (χ4n) is 3.78. The fraction of sp³-hybridized carbons (Fsp3) is 0.208. The van der Waals surface area contributed by atoms with E-state index in [0.717, 1.165) is 36.3 Å². The molecule has 0 radical (unpaired) electrons. The van der Waals surface area contributed by atoms with Gasteiger partial charge >= 0.3 is 0 Å². The van der Waals surface area contributed by atoms with Crippen LogP contribution in [0.15, 0.2) is 65.7 Å². The van der Waals surface area contributed by atoms with Crippen molar-refractivity contribution in [2.75, 3.05) is 5.32 Å². The number of nitrogens with zero attached hydrogens (tertiary/aromatic N) is 1. The van der Waals surface area contributed by atoms with Gasteiger partial charge in [-0.25, -0.2) is 13.5 Å². The molecule has 5 nitrogen and oxygen atoms in total. The van der Waals surface area contributed by atoms with E-state index in [1.165, 1.54) is 11.6 Å². The molecule has 0 spiro atoms. The van der Waals surface area contributed by atoms with Crippen molar-refractivity contribution in [3.8, 4) is 0 Å². The Bertz CT molecular complexity index is 1190. The first-order chi connectivity index (χ1) is 15.4. The first kappa shape index (κ1) is 22.1. The van der Waals surface area contributed by atoms with Crippen LogP contribution in [0, 0.1) is 16.4 Å². The Labute approximate surface area is 188 Å². The van der Waals surface area contributed by atoms with Crippen molar-refractivity contribution in [2.45, 2.75) is 30.2 Å². The van der Waals surface area contributed by atoms with Gasteiger partial charge in [-0.1, -0.05) is 42.5 Å². The molecule has 0 saturated heterocycles. The van der Waals surface area contributed by atoms with Crippen molar-refractivity contribution in [1.29, 1.82) is 4.78 Å². The predicted octanol–water partition coefficient (Wildman–Crippen LogP) is 5.22. The number of anilines is 1. The number of carbonyl (C=O) groups excluding carboxylic acids is 1. The number of nitrogens with one attached hydrogen (secondary N) is 3. The molecule has 0 fully saturated rings. The van der Waals surface area contributed by atoms with E-state index in [1.54, 1.807) is 17.8 Å². The molecule has 4 rings (SSSR count). The lowest BCUT2D eigenvalue weighted by Crippen LogP contribution is -2.27. The summed E-state index contributed by atoms with van der Waals surface area (Å²) in [6.07, 6.45) is 8.48. The van der Waals surface area contributed by atoms with Crippen LogP contribution in [0.5, 0.6) is 0 Å². The standard InChI is InChI=1S/C24H24F2N4OS/c1-30-15-22-19(23(30)24(31)28-18-11-13-20(25)21(26)14-18)12-10-17(29-32(22)27)9-5-8-16-6-3-2-4-7-16/h2-4,6-7,10-15,17H,5,8-9H2,1H3,(H2,27,29)(H,28,31). The van der Waals surface area contributed by atoms with Crippen LogP contribution in [0.3, 0.4) is 0 Å². The van der Waals surface area contributed by atoms with E-state index in [1.807, 2.05) is 30.4 Å². The highest BCUT2D eigenvalue weighted by Crippen LogP contribution is 2.26. The molecule has 1 amide bonds. The monoisotopic (exact) mass is 454 g/mol. The Balaban J connectivity index is 1.49. The Morgan fingerprint density at radius 1 is 1.19 bits per heavy atom. The van der Waals surface area contributed by atoms with Crippen LogP contribution in [0.2, 0.25) is 0 Å². The van der Waals surface area contributed by atoms with Crippen molar-refractivity contribution in [2.24, 2.45) is 7.05 Å². The van der Waals surface area contributed by atoms with Gasteiger partial charge in [-0.05, 0) is 47.8 Å². The third kappa shape index (κ3) is 4.87. The van der Waals surface area contributed by atoms with Gasteiger partial charge in [0.2, 0.25) is 0 Å². The first-order valence-corrected chi connectivity index (χ1v) is 11.5. The van der Waals surface area contributed by atoms with Crippen molar-refractivity contribution in [3.63, 3.8) is 0 Å². The molecule has 2 unspecified atom stereocenters. The number of carbonyl (C=O) groups is 1. The van der Waals surface area contributed by atoms with E-state index in [-0.39, 0.29) is 11.7 Å². The average molecular weight is 455 g/mol. The molecule has 3 N–H and O–H groups in total. The van der Waals surface area contributed by atoms with E-state index < -0.39 is 28.4 Å². The van der Waals surface area contributed by atoms with Crippen molar-refractivity contribution >= 4 is 28.5 Å². The van der Waals surface area contributed by atoms with Crippen LogP contribution in [0.4, 0.5) is 14.5 Å². The molecule has 0 aliphatic carbocycles. The van der Waals surface area contributed by atoms with Crippen LogP contribution < -0.4 is 10.0 Å². The average Bonchev–Trinajstić information content (AvgIpc) is 3.03. The van der Waals surface area contributed by atoms with E-state index in [0.29, 0.717) is 11.3 Å². The molecule has 166 valence electrons. The summed E-state index contributed by atoms with van der Waals surface area (Å²) < 4.78 is 40.3. The molecule has 32 heavy (non-hydrogen) atoms. The third-order valence-corrected chi connectivity index (χ3v) is 6.69. The van der Waals surface area contributed by atoms with Crippen LogP contribution in [-0.4, -0.2) is 16.5 Å². The van der Waals surface area contributed by atoms with Gasteiger partial charge in [0.1, 0.15) is 5.69 Å². The minimum atomic E-state index is -1.02. The summed E-state index contributed by atoms with van der Waals surface area (Å²) in [5.74, 6) is -2.44. The number of aromatic nitrogens is 1. The number of benzene rings is 2. The lowest BCUT2D eigenvalue weighted by molar-refractivity contribution is 0.101. The summed E-state index contributed by atoms with van der Waals surface area (Å²) in [6, 6.07) is 13.5. The zero-order chi connectivity index (χ0) is 22.7. The van der Waals surface area contributed by atoms with Gasteiger partial charge in [-0.2, -0.15) is 0 Å². The van der Waals surface area contributed by atoms with E-state index >= 15 is 0 Å². The van der Waals surface area contributed by atoms with Gasteiger partial charge in [0, 0.05) is 36.6 Å². The highest BCUT2D eigenvalue weighted by atomic mass is 32.2. The van der Waals surface area contributed by atoms with Gasteiger partial charge in [0.15, 0.2) is 11.6 Å². The molecular formula is C24H24F2N4OS. The van der Waals surface area contributed by atoms with Gasteiger partial charge in [-0.3, -0.25) is 9.57 Å². The van der Waals surface area contributed by atoms with Crippen molar-refractivity contribution in [3.05, 3.63) is 89.3 Å². The zero-order valence-corrected chi connectivity index (χ0v) is 18.4. The number of rotatable bonds is 6. The highest BCUT2D eigenvalue weighted by Gasteiger charge is 2.24. The number of fused-ring (bicyclic) bond motifs is 1. The van der Waals surface area contributed by atoms with E-state index in [4.69, 9.17) is 4.78 Å². The van der Waals surface area contributed by atoms with Gasteiger partial charge < -0.3 is 9.88 Å². The van der Waals surface area contributed by atoms with Crippen LogP contribution in [0.25, 0.3) is 6.08 Å². The summed E-state index contributed by atoms with van der Waals surface area (Å²) in [5, 5.41) is 2.62. The number of amides is 1. The second kappa shape index (κ2) is 9.58. The Morgan fingerprint density at radius 2 is 1.97 bits per heavy atom. The summed E-state index contributed by atoms with van der Waals surface area (Å²) in [6.45, 7) is 0. The van der Waals surface area contributed by atoms with Crippen molar-refractivity contribution < 1.29 is 13.6 Å². The molecule has 0 bridgehead atoms. The molecular weight excluding hydrogens is 430 g/mol. The molecule has 1 aromatic heterocycles. The topological polar surface area (TPSA) is 69.9 Å². The summed E-state index contributed by atoms with van der Waals surface area (Å²) in [4.78, 5) is 13.7. The molecule has 8 heteroatoms. The fourth-order valence-corrected chi connectivity index (χ4v) is 5.05. The van der Waals surface area contributed by atoms with Crippen LogP contribution in [0.1, 0.15) is 34.5 Å². The largest absolute Gasteiger partial charge is 0.345 e. The number of hydrogen-bond donors (Lipinski definition) is 3. The maximum absolute atomic E-state index is 13.5. The zero-order valence-electron chi connectivity index (χ0n) is 17.6. The second-order valence-electron chi connectivity index (χ2n) is 7.72. The Morgan fingerprint density at radius 3 is 2.72 bits per heavy atom. The maximum Gasteiger partial charge on any atom is 0.272 e. The smallest absolute Gasteiger partial charge is 0.272 e. The number of aryl methyl sites for hydroxylation is 2. The van der Waals surface area contributed by atoms with Gasteiger partial charge in [0.25, 0.3) is 5.91 Å². The SMILES string of the molecule is Cn1cc2c(c1C(=O)Nc1ccc(F)c(F)c1)C=CC(CCCc1ccccc1)NS2=N. The quantitative estimate of drug-likeness (QED) is 0.478. The third-order valence-electron chi connectivity index (χ3n) is 5.38. The molecule has 3 aromatic rings. The highest BCUT2D eigenvalue weighted by molar-refractivity contribution is 7.84. The minimum absolute atomic E-state index is 0.0272. The molecule has 2 aromatic carbocycles. The van der Waals surface area contributed by atoms with E-state index in [2.05, 4.69) is 22.2 Å². The Hall–Kier alpha value is -3.10.